The number of hydrogen-bond acceptors (Lipinski definition) is 4. The van der Waals surface area contributed by atoms with Crippen molar-refractivity contribution in [2.75, 3.05) is 33.4 Å². The van der Waals surface area contributed by atoms with Gasteiger partial charge in [0.05, 0.1) is 6.61 Å². The third-order valence-corrected chi connectivity index (χ3v) is 3.67. The molecule has 20 heavy (non-hydrogen) atoms. The summed E-state index contributed by atoms with van der Waals surface area (Å²) < 4.78 is 10.9. The first-order valence-electron chi connectivity index (χ1n) is 6.96. The highest BCUT2D eigenvalue weighted by molar-refractivity contribution is 7.80. The minimum atomic E-state index is 0.413. The molecule has 1 aromatic rings. The van der Waals surface area contributed by atoms with Crippen LogP contribution in [0.5, 0.6) is 5.75 Å². The van der Waals surface area contributed by atoms with Crippen molar-refractivity contribution in [1.29, 1.82) is 0 Å². The zero-order chi connectivity index (χ0) is 14.4. The second-order valence-corrected chi connectivity index (χ2v) is 5.44. The second kappa shape index (κ2) is 7.57. The van der Waals surface area contributed by atoms with Crippen LogP contribution in [0.3, 0.4) is 0 Å². The summed E-state index contributed by atoms with van der Waals surface area (Å²) in [5, 5.41) is 0. The van der Waals surface area contributed by atoms with Crippen LogP contribution in [0.25, 0.3) is 0 Å². The molecule has 0 saturated heterocycles. The number of benzene rings is 1. The van der Waals surface area contributed by atoms with Crippen molar-refractivity contribution in [3.8, 4) is 5.75 Å². The maximum absolute atomic E-state index is 5.76. The van der Waals surface area contributed by atoms with Crippen LogP contribution in [0.2, 0.25) is 0 Å². The Labute approximate surface area is 125 Å². The Kier molecular flexibility index (Phi) is 5.76. The number of methoxy groups -OCH3 is 1. The van der Waals surface area contributed by atoms with Gasteiger partial charge in [0.15, 0.2) is 0 Å². The Hall–Kier alpha value is -1.17. The molecule has 4 nitrogen and oxygen atoms in total. The van der Waals surface area contributed by atoms with E-state index in [0.29, 0.717) is 11.6 Å². The molecule has 0 spiro atoms. The molecule has 0 bridgehead atoms. The van der Waals surface area contributed by atoms with E-state index in [2.05, 4.69) is 4.90 Å². The molecule has 1 aromatic carbocycles. The molecule has 0 unspecified atom stereocenters. The predicted octanol–water partition coefficient (Wildman–Crippen LogP) is 1.81. The van der Waals surface area contributed by atoms with Gasteiger partial charge in [0.25, 0.3) is 0 Å². The van der Waals surface area contributed by atoms with Crippen molar-refractivity contribution in [2.24, 2.45) is 5.73 Å². The van der Waals surface area contributed by atoms with Crippen molar-refractivity contribution in [2.45, 2.75) is 18.9 Å². The second-order valence-electron chi connectivity index (χ2n) is 5.00. The van der Waals surface area contributed by atoms with Gasteiger partial charge in [-0.25, -0.2) is 0 Å². The first-order chi connectivity index (χ1) is 9.70. The molecule has 0 atom stereocenters. The molecule has 1 aliphatic carbocycles. The Morgan fingerprint density at radius 3 is 2.45 bits per heavy atom. The first-order valence-corrected chi connectivity index (χ1v) is 7.37. The SMILES string of the molecule is COCCN(CCOc1ccc(C(N)=S)cc1)C1CC1. The van der Waals surface area contributed by atoms with Crippen LogP contribution in [0.15, 0.2) is 24.3 Å². The molecule has 110 valence electrons. The summed E-state index contributed by atoms with van der Waals surface area (Å²) in [6.07, 6.45) is 2.60. The maximum atomic E-state index is 5.76. The van der Waals surface area contributed by atoms with Crippen LogP contribution >= 0.6 is 12.2 Å². The van der Waals surface area contributed by atoms with Gasteiger partial charge in [0.1, 0.15) is 17.3 Å². The van der Waals surface area contributed by atoms with E-state index in [1.165, 1.54) is 12.8 Å². The Morgan fingerprint density at radius 2 is 1.90 bits per heavy atom. The third kappa shape index (κ3) is 4.74. The van der Waals surface area contributed by atoms with E-state index in [9.17, 15) is 0 Å². The van der Waals surface area contributed by atoms with Crippen molar-refractivity contribution in [1.82, 2.24) is 4.90 Å². The highest BCUT2D eigenvalue weighted by Gasteiger charge is 2.28. The topological polar surface area (TPSA) is 47.7 Å². The smallest absolute Gasteiger partial charge is 0.119 e. The van der Waals surface area contributed by atoms with Gasteiger partial charge in [0, 0.05) is 31.8 Å². The predicted molar refractivity (Wildman–Crippen MR) is 84.3 cm³/mol. The summed E-state index contributed by atoms with van der Waals surface area (Å²) in [7, 11) is 1.74. The van der Waals surface area contributed by atoms with Gasteiger partial charge >= 0.3 is 0 Å². The molecular weight excluding hydrogens is 272 g/mol. The zero-order valence-electron chi connectivity index (χ0n) is 11.9. The molecule has 0 aliphatic heterocycles. The lowest BCUT2D eigenvalue weighted by molar-refractivity contribution is 0.130. The van der Waals surface area contributed by atoms with Crippen molar-refractivity contribution in [3.63, 3.8) is 0 Å². The van der Waals surface area contributed by atoms with Crippen LogP contribution in [-0.4, -0.2) is 49.3 Å². The lowest BCUT2D eigenvalue weighted by atomic mass is 10.2. The van der Waals surface area contributed by atoms with E-state index in [0.717, 1.165) is 37.1 Å². The number of hydrogen-bond donors (Lipinski definition) is 1. The molecule has 5 heteroatoms. The summed E-state index contributed by atoms with van der Waals surface area (Å²) in [5.74, 6) is 0.854. The van der Waals surface area contributed by atoms with Gasteiger partial charge in [0.2, 0.25) is 0 Å². The van der Waals surface area contributed by atoms with Crippen LogP contribution in [0.1, 0.15) is 18.4 Å². The fourth-order valence-electron chi connectivity index (χ4n) is 2.12. The molecule has 0 amide bonds. The Morgan fingerprint density at radius 1 is 1.25 bits per heavy atom. The molecule has 1 fully saturated rings. The fraction of sp³-hybridized carbons (Fsp3) is 0.533. The molecule has 2 rings (SSSR count). The molecule has 0 radical (unpaired) electrons. The molecule has 2 N–H and O–H groups in total. The largest absolute Gasteiger partial charge is 0.492 e. The van der Waals surface area contributed by atoms with Crippen molar-refractivity contribution < 1.29 is 9.47 Å². The van der Waals surface area contributed by atoms with Crippen LogP contribution in [0, 0.1) is 0 Å². The number of nitrogens with two attached hydrogens (primary N) is 1. The minimum Gasteiger partial charge on any atom is -0.492 e. The van der Waals surface area contributed by atoms with E-state index in [-0.39, 0.29) is 0 Å². The standard InChI is InChI=1S/C15H22N2O2S/c1-18-10-8-17(13-4-5-13)9-11-19-14-6-2-12(3-7-14)15(16)20/h2-3,6-7,13H,4-5,8-11H2,1H3,(H2,16,20). The number of nitrogens with zero attached hydrogens (tertiary/aromatic N) is 1. The normalized spacial score (nSPS) is 14.5. The zero-order valence-corrected chi connectivity index (χ0v) is 12.7. The number of ether oxygens (including phenoxy) is 2. The fourth-order valence-corrected chi connectivity index (χ4v) is 2.26. The molecular formula is C15H22N2O2S. The Balaban J connectivity index is 1.74. The van der Waals surface area contributed by atoms with Crippen molar-refractivity contribution in [3.05, 3.63) is 29.8 Å². The van der Waals surface area contributed by atoms with Crippen LogP contribution in [-0.2, 0) is 4.74 Å². The van der Waals surface area contributed by atoms with E-state index in [1.807, 2.05) is 24.3 Å². The molecule has 1 aliphatic rings. The van der Waals surface area contributed by atoms with Gasteiger partial charge in [-0.3, -0.25) is 4.90 Å². The maximum Gasteiger partial charge on any atom is 0.119 e. The van der Waals surface area contributed by atoms with E-state index in [4.69, 9.17) is 27.4 Å². The summed E-state index contributed by atoms with van der Waals surface area (Å²) in [4.78, 5) is 2.85. The lowest BCUT2D eigenvalue weighted by Gasteiger charge is -2.21. The number of rotatable bonds is 9. The monoisotopic (exact) mass is 294 g/mol. The quantitative estimate of drug-likeness (QED) is 0.704. The van der Waals surface area contributed by atoms with Gasteiger partial charge in [-0.15, -0.1) is 0 Å². The van der Waals surface area contributed by atoms with Gasteiger partial charge in [-0.2, -0.15) is 0 Å². The van der Waals surface area contributed by atoms with Gasteiger partial charge in [-0.1, -0.05) is 12.2 Å². The van der Waals surface area contributed by atoms with Crippen LogP contribution < -0.4 is 10.5 Å². The summed E-state index contributed by atoms with van der Waals surface area (Å²) in [6.45, 7) is 3.38. The Bertz CT molecular complexity index is 432. The summed E-state index contributed by atoms with van der Waals surface area (Å²) in [6, 6.07) is 8.32. The van der Waals surface area contributed by atoms with Gasteiger partial charge < -0.3 is 15.2 Å². The summed E-state index contributed by atoms with van der Waals surface area (Å²) in [5.41, 5.74) is 6.43. The molecule has 1 saturated carbocycles. The van der Waals surface area contributed by atoms with Crippen molar-refractivity contribution >= 4 is 17.2 Å². The van der Waals surface area contributed by atoms with Gasteiger partial charge in [-0.05, 0) is 37.1 Å². The molecule has 0 aromatic heterocycles. The van der Waals surface area contributed by atoms with Crippen LogP contribution in [0.4, 0.5) is 0 Å². The first kappa shape index (κ1) is 15.2. The van der Waals surface area contributed by atoms with E-state index >= 15 is 0 Å². The highest BCUT2D eigenvalue weighted by atomic mass is 32.1. The molecule has 0 heterocycles. The average Bonchev–Trinajstić information content (AvgIpc) is 3.27. The third-order valence-electron chi connectivity index (χ3n) is 3.43. The minimum absolute atomic E-state index is 0.413. The van der Waals surface area contributed by atoms with E-state index in [1.54, 1.807) is 7.11 Å². The average molecular weight is 294 g/mol. The van der Waals surface area contributed by atoms with E-state index < -0.39 is 0 Å². The highest BCUT2D eigenvalue weighted by Crippen LogP contribution is 2.26. The number of thiocarbonyl (C=S) groups is 1. The lowest BCUT2D eigenvalue weighted by Crippen LogP contribution is -2.33. The summed E-state index contributed by atoms with van der Waals surface area (Å²) >= 11 is 4.92.